The molecule has 1 rings (SSSR count). The van der Waals surface area contributed by atoms with Crippen molar-refractivity contribution in [3.8, 4) is 0 Å². The molecule has 1 radical (unpaired) electrons. The maximum absolute atomic E-state index is 10.7. The zero-order valence-corrected chi connectivity index (χ0v) is 10.8. The number of aliphatic carboxylic acids is 1. The SMILES string of the molecule is C=CCc1ccc(CC(=O)O)c([Si](C)C)c1. The molecular formula is C13H17O2Si. The van der Waals surface area contributed by atoms with Crippen molar-refractivity contribution in [1.29, 1.82) is 0 Å². The molecule has 85 valence electrons. The van der Waals surface area contributed by atoms with Crippen molar-refractivity contribution in [2.24, 2.45) is 0 Å². The first kappa shape index (κ1) is 12.7. The summed E-state index contributed by atoms with van der Waals surface area (Å²) in [5, 5.41) is 10.1. The number of rotatable bonds is 5. The Labute approximate surface area is 98.2 Å². The lowest BCUT2D eigenvalue weighted by atomic mass is 10.1. The highest BCUT2D eigenvalue weighted by atomic mass is 28.3. The van der Waals surface area contributed by atoms with E-state index in [-0.39, 0.29) is 6.42 Å². The Balaban J connectivity index is 3.08. The monoisotopic (exact) mass is 233 g/mol. The number of benzene rings is 1. The quantitative estimate of drug-likeness (QED) is 0.624. The average molecular weight is 233 g/mol. The van der Waals surface area contributed by atoms with Crippen LogP contribution in [0.3, 0.4) is 0 Å². The molecule has 0 bridgehead atoms. The van der Waals surface area contributed by atoms with Crippen LogP contribution in [0.2, 0.25) is 13.1 Å². The zero-order valence-electron chi connectivity index (χ0n) is 9.79. The first-order chi connectivity index (χ1) is 7.54. The minimum absolute atomic E-state index is 0.125. The van der Waals surface area contributed by atoms with Gasteiger partial charge in [0.25, 0.3) is 0 Å². The van der Waals surface area contributed by atoms with E-state index in [1.165, 1.54) is 10.8 Å². The highest BCUT2D eigenvalue weighted by Crippen LogP contribution is 2.06. The summed E-state index contributed by atoms with van der Waals surface area (Å²) in [6, 6.07) is 6.07. The van der Waals surface area contributed by atoms with Crippen LogP contribution in [-0.2, 0) is 17.6 Å². The van der Waals surface area contributed by atoms with Gasteiger partial charge in [-0.25, -0.2) is 0 Å². The van der Waals surface area contributed by atoms with Gasteiger partial charge in [-0.1, -0.05) is 42.6 Å². The molecule has 1 aromatic rings. The van der Waals surface area contributed by atoms with Gasteiger partial charge in [0.1, 0.15) is 0 Å². The molecule has 0 aliphatic rings. The number of carboxylic acids is 1. The van der Waals surface area contributed by atoms with Gasteiger partial charge in [0.2, 0.25) is 0 Å². The molecule has 0 saturated heterocycles. The van der Waals surface area contributed by atoms with E-state index in [0.717, 1.165) is 12.0 Å². The van der Waals surface area contributed by atoms with Crippen molar-refractivity contribution >= 4 is 20.0 Å². The normalized spacial score (nSPS) is 10.4. The minimum Gasteiger partial charge on any atom is -0.481 e. The van der Waals surface area contributed by atoms with E-state index in [0.29, 0.717) is 0 Å². The van der Waals surface area contributed by atoms with Gasteiger partial charge >= 0.3 is 5.97 Å². The summed E-state index contributed by atoms with van der Waals surface area (Å²) < 4.78 is 0. The van der Waals surface area contributed by atoms with E-state index in [9.17, 15) is 4.79 Å². The van der Waals surface area contributed by atoms with Crippen molar-refractivity contribution in [1.82, 2.24) is 0 Å². The molecule has 3 heteroatoms. The Morgan fingerprint density at radius 1 is 1.50 bits per heavy atom. The number of carboxylic acid groups (broad SMARTS) is 1. The fourth-order valence-electron chi connectivity index (χ4n) is 1.70. The van der Waals surface area contributed by atoms with Crippen molar-refractivity contribution in [2.45, 2.75) is 25.9 Å². The predicted molar refractivity (Wildman–Crippen MR) is 68.8 cm³/mol. The molecule has 0 amide bonds. The molecule has 1 aromatic carbocycles. The van der Waals surface area contributed by atoms with Crippen LogP contribution in [0.5, 0.6) is 0 Å². The molecule has 1 N–H and O–H groups in total. The molecule has 0 saturated carbocycles. The van der Waals surface area contributed by atoms with Crippen LogP contribution in [0.15, 0.2) is 30.9 Å². The van der Waals surface area contributed by atoms with Crippen LogP contribution in [0.1, 0.15) is 11.1 Å². The summed E-state index contributed by atoms with van der Waals surface area (Å²) in [6.07, 6.45) is 2.84. The van der Waals surface area contributed by atoms with Crippen LogP contribution in [0, 0.1) is 0 Å². The van der Waals surface area contributed by atoms with Crippen molar-refractivity contribution in [2.75, 3.05) is 0 Å². The number of allylic oxidation sites excluding steroid dienone is 1. The second kappa shape index (κ2) is 5.65. The van der Waals surface area contributed by atoms with Gasteiger partial charge in [-0.15, -0.1) is 6.58 Å². The van der Waals surface area contributed by atoms with E-state index >= 15 is 0 Å². The lowest BCUT2D eigenvalue weighted by Crippen LogP contribution is -2.28. The maximum Gasteiger partial charge on any atom is 0.307 e. The third-order valence-electron chi connectivity index (χ3n) is 2.43. The van der Waals surface area contributed by atoms with Crippen LogP contribution in [-0.4, -0.2) is 19.9 Å². The summed E-state index contributed by atoms with van der Waals surface area (Å²) >= 11 is 0. The van der Waals surface area contributed by atoms with Gasteiger partial charge in [0.15, 0.2) is 0 Å². The second-order valence-electron chi connectivity index (χ2n) is 4.05. The fraction of sp³-hybridized carbons (Fsp3) is 0.308. The smallest absolute Gasteiger partial charge is 0.307 e. The largest absolute Gasteiger partial charge is 0.481 e. The van der Waals surface area contributed by atoms with Crippen molar-refractivity contribution in [3.63, 3.8) is 0 Å². The van der Waals surface area contributed by atoms with E-state index in [2.05, 4.69) is 25.7 Å². The van der Waals surface area contributed by atoms with E-state index in [1.807, 2.05) is 18.2 Å². The zero-order chi connectivity index (χ0) is 12.1. The van der Waals surface area contributed by atoms with Gasteiger partial charge < -0.3 is 5.11 Å². The van der Waals surface area contributed by atoms with Crippen LogP contribution in [0.4, 0.5) is 0 Å². The Bertz CT molecular complexity index is 397. The van der Waals surface area contributed by atoms with Gasteiger partial charge in [-0.3, -0.25) is 4.79 Å². The van der Waals surface area contributed by atoms with Gasteiger partial charge in [0.05, 0.1) is 15.2 Å². The van der Waals surface area contributed by atoms with E-state index < -0.39 is 14.8 Å². The number of hydrogen-bond donors (Lipinski definition) is 1. The summed E-state index contributed by atoms with van der Waals surface area (Å²) in [7, 11) is -0.625. The maximum atomic E-state index is 10.7. The summed E-state index contributed by atoms with van der Waals surface area (Å²) in [4.78, 5) is 10.7. The molecular weight excluding hydrogens is 216 g/mol. The second-order valence-corrected chi connectivity index (χ2v) is 6.59. The van der Waals surface area contributed by atoms with Gasteiger partial charge in [0, 0.05) is 0 Å². The molecule has 0 aromatic heterocycles. The molecule has 16 heavy (non-hydrogen) atoms. The third-order valence-corrected chi connectivity index (χ3v) is 3.98. The van der Waals surface area contributed by atoms with E-state index in [4.69, 9.17) is 5.11 Å². The standard InChI is InChI=1S/C13H17O2Si/c1-4-5-10-6-7-11(9-13(14)15)12(8-10)16(2)3/h4,6-8H,1,5,9H2,2-3H3,(H,14,15). The first-order valence-electron chi connectivity index (χ1n) is 5.29. The molecule has 0 fully saturated rings. The molecule has 0 unspecified atom stereocenters. The predicted octanol–water partition coefficient (Wildman–Crippen LogP) is 2.00. The fourth-order valence-corrected chi connectivity index (χ4v) is 2.99. The molecule has 2 nitrogen and oxygen atoms in total. The lowest BCUT2D eigenvalue weighted by molar-refractivity contribution is -0.136. The minimum atomic E-state index is -0.763. The molecule has 0 heterocycles. The third kappa shape index (κ3) is 3.34. The van der Waals surface area contributed by atoms with Crippen molar-refractivity contribution < 1.29 is 9.90 Å². The van der Waals surface area contributed by atoms with Gasteiger partial charge in [-0.2, -0.15) is 0 Å². The first-order valence-corrected chi connectivity index (χ1v) is 7.79. The van der Waals surface area contributed by atoms with Crippen LogP contribution in [0.25, 0.3) is 0 Å². The highest BCUT2D eigenvalue weighted by Gasteiger charge is 2.11. The van der Waals surface area contributed by atoms with Crippen LogP contribution < -0.4 is 5.19 Å². The summed E-state index contributed by atoms with van der Waals surface area (Å²) in [5.74, 6) is -0.763. The Kier molecular flexibility index (Phi) is 4.49. The summed E-state index contributed by atoms with van der Waals surface area (Å²) in [5.41, 5.74) is 2.17. The number of carbonyl (C=O) groups is 1. The molecule has 0 spiro atoms. The molecule has 0 aliphatic heterocycles. The summed E-state index contributed by atoms with van der Waals surface area (Å²) in [6.45, 7) is 8.08. The average Bonchev–Trinajstić information content (AvgIpc) is 2.19. The topological polar surface area (TPSA) is 37.3 Å². The molecule has 0 aliphatic carbocycles. The van der Waals surface area contributed by atoms with E-state index in [1.54, 1.807) is 0 Å². The molecule has 0 atom stereocenters. The lowest BCUT2D eigenvalue weighted by Gasteiger charge is -2.12. The Morgan fingerprint density at radius 3 is 2.69 bits per heavy atom. The van der Waals surface area contributed by atoms with Gasteiger partial charge in [-0.05, 0) is 17.5 Å². The van der Waals surface area contributed by atoms with Crippen LogP contribution >= 0.6 is 0 Å². The Hall–Kier alpha value is -1.35. The number of hydrogen-bond acceptors (Lipinski definition) is 1. The van der Waals surface area contributed by atoms with Crippen molar-refractivity contribution in [3.05, 3.63) is 42.0 Å². The Morgan fingerprint density at radius 2 is 2.19 bits per heavy atom. The highest BCUT2D eigenvalue weighted by molar-refractivity contribution is 6.71.